The van der Waals surface area contributed by atoms with Crippen LogP contribution in [-0.4, -0.2) is 36.4 Å². The Hall–Kier alpha value is -2.74. The van der Waals surface area contributed by atoms with E-state index in [1.165, 1.54) is 0 Å². The number of hydrogen-bond donors (Lipinski definition) is 1. The van der Waals surface area contributed by atoms with Crippen LogP contribution in [0.2, 0.25) is 0 Å². The summed E-state index contributed by atoms with van der Waals surface area (Å²) >= 11 is 1.64. The van der Waals surface area contributed by atoms with E-state index in [1.54, 1.807) is 24.2 Å². The van der Waals surface area contributed by atoms with Gasteiger partial charge in [-0.2, -0.15) is 5.10 Å². The van der Waals surface area contributed by atoms with Crippen molar-refractivity contribution in [2.75, 3.05) is 11.1 Å². The molecule has 1 aliphatic rings. The van der Waals surface area contributed by atoms with Crippen molar-refractivity contribution in [3.05, 3.63) is 59.8 Å². The van der Waals surface area contributed by atoms with Gasteiger partial charge in [-0.1, -0.05) is 24.8 Å². The molecule has 0 saturated carbocycles. The Labute approximate surface area is 161 Å². The highest BCUT2D eigenvalue weighted by molar-refractivity contribution is 7.99. The molecule has 27 heavy (non-hydrogen) atoms. The Bertz CT molecular complexity index is 925. The molecule has 0 spiro atoms. The van der Waals surface area contributed by atoms with Gasteiger partial charge in [-0.3, -0.25) is 9.78 Å². The molecule has 1 aliphatic heterocycles. The lowest BCUT2D eigenvalue weighted by Crippen LogP contribution is -2.25. The van der Waals surface area contributed by atoms with Gasteiger partial charge in [0.1, 0.15) is 5.82 Å². The van der Waals surface area contributed by atoms with E-state index < -0.39 is 0 Å². The summed E-state index contributed by atoms with van der Waals surface area (Å²) in [7, 11) is 0. The molecule has 0 aromatic carbocycles. The number of aromatic nitrogens is 5. The van der Waals surface area contributed by atoms with Crippen molar-refractivity contribution in [1.29, 1.82) is 0 Å². The summed E-state index contributed by atoms with van der Waals surface area (Å²) in [5.74, 6) is 1.63. The number of amides is 1. The van der Waals surface area contributed by atoms with Crippen LogP contribution < -0.4 is 5.32 Å². The molecule has 0 aliphatic carbocycles. The first-order valence-electron chi connectivity index (χ1n) is 8.93. The van der Waals surface area contributed by atoms with Crippen LogP contribution in [0.25, 0.3) is 0 Å². The summed E-state index contributed by atoms with van der Waals surface area (Å²) in [6.07, 6.45) is 10.5. The van der Waals surface area contributed by atoms with Crippen molar-refractivity contribution in [3.8, 4) is 0 Å². The second kappa shape index (κ2) is 7.87. The molecule has 4 heterocycles. The smallest absolute Gasteiger partial charge is 0.226 e. The van der Waals surface area contributed by atoms with E-state index in [9.17, 15) is 4.79 Å². The highest BCUT2D eigenvalue weighted by Crippen LogP contribution is 2.36. The maximum absolute atomic E-state index is 12.3. The number of nitrogens with zero attached hydrogens (tertiary/aromatic N) is 5. The second-order valence-corrected chi connectivity index (χ2v) is 7.48. The van der Waals surface area contributed by atoms with E-state index in [1.807, 2.05) is 35.4 Å². The molecule has 138 valence electrons. The molecule has 0 fully saturated rings. The number of fused-ring (bicyclic) bond motifs is 1. The first-order chi connectivity index (χ1) is 13.2. The third-order valence-electron chi connectivity index (χ3n) is 4.43. The van der Waals surface area contributed by atoms with Crippen LogP contribution >= 0.6 is 11.8 Å². The largest absolute Gasteiger partial charge is 0.311 e. The molecule has 4 rings (SSSR count). The van der Waals surface area contributed by atoms with Crippen molar-refractivity contribution < 1.29 is 4.79 Å². The van der Waals surface area contributed by atoms with E-state index >= 15 is 0 Å². The molecule has 1 N–H and O–H groups in total. The Kier molecular flexibility index (Phi) is 5.15. The van der Waals surface area contributed by atoms with Crippen molar-refractivity contribution in [2.24, 2.45) is 0 Å². The summed E-state index contributed by atoms with van der Waals surface area (Å²) < 4.78 is 1.81. The zero-order chi connectivity index (χ0) is 18.6. The highest BCUT2D eigenvalue weighted by Gasteiger charge is 2.30. The van der Waals surface area contributed by atoms with Crippen molar-refractivity contribution >= 4 is 23.5 Å². The first-order valence-corrected chi connectivity index (χ1v) is 9.92. The monoisotopic (exact) mass is 380 g/mol. The maximum Gasteiger partial charge on any atom is 0.226 e. The molecule has 3 aromatic rings. The minimum Gasteiger partial charge on any atom is -0.311 e. The molecular formula is C19H20N6OS. The zero-order valence-corrected chi connectivity index (χ0v) is 15.8. The van der Waals surface area contributed by atoms with E-state index in [4.69, 9.17) is 0 Å². The fourth-order valence-corrected chi connectivity index (χ4v) is 3.77. The number of carbonyl (C=O) groups excluding carboxylic acids is 1. The van der Waals surface area contributed by atoms with Crippen LogP contribution in [0.15, 0.2) is 48.3 Å². The SMILES string of the molecule is CCCSc1ncc([C@H]2CC(=O)Nc3c2cnn3Cc2cccnc2)cn1. The van der Waals surface area contributed by atoms with Crippen LogP contribution in [-0.2, 0) is 11.3 Å². The standard InChI is InChI=1S/C19H20N6OS/c1-2-6-27-19-21-9-14(10-22-19)15-7-17(26)24-18-16(15)11-23-25(18)12-13-4-3-5-20-8-13/h3-5,8-11,15H,2,6-7,12H2,1H3,(H,24,26)/t15-/m1/s1. The number of pyridine rings is 1. The lowest BCUT2D eigenvalue weighted by atomic mass is 9.89. The summed E-state index contributed by atoms with van der Waals surface area (Å²) in [5.41, 5.74) is 2.96. The molecule has 7 nitrogen and oxygen atoms in total. The minimum atomic E-state index is -0.0818. The lowest BCUT2D eigenvalue weighted by Gasteiger charge is -2.23. The number of hydrogen-bond acceptors (Lipinski definition) is 6. The molecule has 1 atom stereocenters. The van der Waals surface area contributed by atoms with E-state index in [2.05, 4.69) is 32.3 Å². The van der Waals surface area contributed by atoms with Crippen LogP contribution in [0.5, 0.6) is 0 Å². The summed E-state index contributed by atoms with van der Waals surface area (Å²) in [6.45, 7) is 2.69. The summed E-state index contributed by atoms with van der Waals surface area (Å²) in [6, 6.07) is 3.88. The second-order valence-electron chi connectivity index (χ2n) is 6.42. The van der Waals surface area contributed by atoms with Crippen molar-refractivity contribution in [2.45, 2.75) is 37.4 Å². The topological polar surface area (TPSA) is 85.6 Å². The van der Waals surface area contributed by atoms with Gasteiger partial charge in [0.15, 0.2) is 5.16 Å². The summed E-state index contributed by atoms with van der Waals surface area (Å²) in [4.78, 5) is 25.3. The fourth-order valence-electron chi connectivity index (χ4n) is 3.13. The van der Waals surface area contributed by atoms with Gasteiger partial charge in [0.25, 0.3) is 0 Å². The summed E-state index contributed by atoms with van der Waals surface area (Å²) in [5, 5.41) is 8.23. The van der Waals surface area contributed by atoms with E-state index in [-0.39, 0.29) is 11.8 Å². The first kappa shape index (κ1) is 17.7. The predicted molar refractivity (Wildman–Crippen MR) is 104 cm³/mol. The van der Waals surface area contributed by atoms with E-state index in [0.717, 1.165) is 39.8 Å². The molecule has 0 bridgehead atoms. The van der Waals surface area contributed by atoms with Crippen LogP contribution in [0, 0.1) is 0 Å². The van der Waals surface area contributed by atoms with Gasteiger partial charge in [-0.25, -0.2) is 14.6 Å². The van der Waals surface area contributed by atoms with E-state index in [0.29, 0.717) is 13.0 Å². The molecule has 1 amide bonds. The van der Waals surface area contributed by atoms with Crippen LogP contribution in [0.4, 0.5) is 5.82 Å². The molecule has 0 radical (unpaired) electrons. The van der Waals surface area contributed by atoms with Gasteiger partial charge in [0.2, 0.25) is 5.91 Å². The Morgan fingerprint density at radius 2 is 2.11 bits per heavy atom. The van der Waals surface area contributed by atoms with Crippen molar-refractivity contribution in [3.63, 3.8) is 0 Å². The van der Waals surface area contributed by atoms with Gasteiger partial charge in [-0.15, -0.1) is 0 Å². The van der Waals surface area contributed by atoms with Gasteiger partial charge < -0.3 is 5.32 Å². The quantitative estimate of drug-likeness (QED) is 0.522. The predicted octanol–water partition coefficient (Wildman–Crippen LogP) is 3.09. The highest BCUT2D eigenvalue weighted by atomic mass is 32.2. The average molecular weight is 380 g/mol. The Morgan fingerprint density at radius 3 is 2.85 bits per heavy atom. The molecule has 0 unspecified atom stereocenters. The third-order valence-corrected chi connectivity index (χ3v) is 5.51. The fraction of sp³-hybridized carbons (Fsp3) is 0.316. The lowest BCUT2D eigenvalue weighted by molar-refractivity contribution is -0.116. The number of carbonyl (C=O) groups is 1. The third kappa shape index (κ3) is 3.85. The van der Waals surface area contributed by atoms with Crippen LogP contribution in [0.3, 0.4) is 0 Å². The zero-order valence-electron chi connectivity index (χ0n) is 15.0. The van der Waals surface area contributed by atoms with Gasteiger partial charge >= 0.3 is 0 Å². The van der Waals surface area contributed by atoms with Crippen LogP contribution in [0.1, 0.15) is 42.4 Å². The van der Waals surface area contributed by atoms with Gasteiger partial charge in [-0.05, 0) is 23.6 Å². The maximum atomic E-state index is 12.3. The molecular weight excluding hydrogens is 360 g/mol. The number of nitrogens with one attached hydrogen (secondary N) is 1. The Balaban J connectivity index is 1.61. The van der Waals surface area contributed by atoms with Crippen molar-refractivity contribution in [1.82, 2.24) is 24.7 Å². The normalized spacial score (nSPS) is 16.0. The Morgan fingerprint density at radius 1 is 1.26 bits per heavy atom. The minimum absolute atomic E-state index is 0.0233. The molecule has 3 aromatic heterocycles. The number of rotatable bonds is 6. The van der Waals surface area contributed by atoms with Gasteiger partial charge in [0.05, 0.1) is 12.7 Å². The molecule has 0 saturated heterocycles. The number of thioether (sulfide) groups is 1. The molecule has 8 heteroatoms. The van der Waals surface area contributed by atoms with Gasteiger partial charge in [0, 0.05) is 48.4 Å². The number of anilines is 1. The average Bonchev–Trinajstić information content (AvgIpc) is 3.09.